The van der Waals surface area contributed by atoms with Crippen molar-refractivity contribution in [3.05, 3.63) is 12.7 Å². The molecule has 0 aliphatic carbocycles. The van der Waals surface area contributed by atoms with E-state index in [0.29, 0.717) is 0 Å². The van der Waals surface area contributed by atoms with Crippen LogP contribution < -0.4 is 0 Å². The molecule has 0 bridgehead atoms. The standard InChI is InChI=1S/C5H5F5O3S/c1-2-3-13-14(11,12)5(9,10)4(6,7)8/h2H,1,3H2. The van der Waals surface area contributed by atoms with E-state index in [1.165, 1.54) is 0 Å². The Bertz CT molecular complexity index is 304. The summed E-state index contributed by atoms with van der Waals surface area (Å²) in [6, 6.07) is 0. The Morgan fingerprint density at radius 1 is 1.21 bits per heavy atom. The summed E-state index contributed by atoms with van der Waals surface area (Å²) in [6.07, 6.45) is -5.48. The van der Waals surface area contributed by atoms with Gasteiger partial charge in [-0.3, -0.25) is 4.18 Å². The van der Waals surface area contributed by atoms with Crippen LogP contribution in [0.3, 0.4) is 0 Å². The molecule has 0 saturated heterocycles. The molecule has 9 heteroatoms. The largest absolute Gasteiger partial charge is 0.472 e. The average molecular weight is 240 g/mol. The minimum absolute atomic E-state index is 0.726. The Hall–Kier alpha value is -0.700. The first-order chi connectivity index (χ1) is 6.06. The molecule has 0 spiro atoms. The fraction of sp³-hybridized carbons (Fsp3) is 0.600. The first-order valence-electron chi connectivity index (χ1n) is 3.00. The summed E-state index contributed by atoms with van der Waals surface area (Å²) in [5.74, 6) is 0. The Kier molecular flexibility index (Phi) is 3.62. The highest BCUT2D eigenvalue weighted by molar-refractivity contribution is 7.87. The summed E-state index contributed by atoms with van der Waals surface area (Å²) in [5, 5.41) is -5.91. The zero-order valence-electron chi connectivity index (χ0n) is 6.51. The molecule has 0 rings (SSSR count). The van der Waals surface area contributed by atoms with E-state index in [0.717, 1.165) is 6.08 Å². The molecule has 0 aromatic heterocycles. The van der Waals surface area contributed by atoms with E-state index in [4.69, 9.17) is 0 Å². The fourth-order valence-corrected chi connectivity index (χ4v) is 1.06. The highest BCUT2D eigenvalue weighted by atomic mass is 32.2. The third-order valence-electron chi connectivity index (χ3n) is 0.985. The van der Waals surface area contributed by atoms with E-state index in [2.05, 4.69) is 10.8 Å². The highest BCUT2D eigenvalue weighted by Crippen LogP contribution is 2.40. The molecule has 0 amide bonds. The van der Waals surface area contributed by atoms with Crippen LogP contribution in [-0.4, -0.2) is 26.5 Å². The zero-order chi connectivity index (χ0) is 11.6. The quantitative estimate of drug-likeness (QED) is 0.426. The maximum atomic E-state index is 12.2. The van der Waals surface area contributed by atoms with Crippen LogP contribution in [0.2, 0.25) is 0 Å². The van der Waals surface area contributed by atoms with Crippen LogP contribution in [0.15, 0.2) is 12.7 Å². The predicted octanol–water partition coefficient (Wildman–Crippen LogP) is 1.67. The van der Waals surface area contributed by atoms with Crippen molar-refractivity contribution < 1.29 is 34.6 Å². The summed E-state index contributed by atoms with van der Waals surface area (Å²) in [4.78, 5) is 0. The van der Waals surface area contributed by atoms with Gasteiger partial charge in [0.05, 0.1) is 6.61 Å². The number of halogens is 5. The van der Waals surface area contributed by atoms with Gasteiger partial charge in [-0.25, -0.2) is 0 Å². The van der Waals surface area contributed by atoms with Crippen molar-refractivity contribution in [1.29, 1.82) is 0 Å². The second kappa shape index (κ2) is 3.81. The summed E-state index contributed by atoms with van der Waals surface area (Å²) in [7, 11) is -6.01. The smallest absolute Gasteiger partial charge is 0.261 e. The van der Waals surface area contributed by atoms with Gasteiger partial charge in [0, 0.05) is 0 Å². The van der Waals surface area contributed by atoms with Crippen LogP contribution >= 0.6 is 0 Å². The lowest BCUT2D eigenvalue weighted by Gasteiger charge is -2.18. The van der Waals surface area contributed by atoms with Crippen LogP contribution in [-0.2, 0) is 14.3 Å². The molecule has 3 nitrogen and oxygen atoms in total. The number of alkyl halides is 5. The van der Waals surface area contributed by atoms with Gasteiger partial charge in [0.2, 0.25) is 0 Å². The minimum Gasteiger partial charge on any atom is -0.261 e. The molecule has 0 aliphatic heterocycles. The van der Waals surface area contributed by atoms with Gasteiger partial charge in [0.15, 0.2) is 0 Å². The molecule has 84 valence electrons. The minimum atomic E-state index is -6.20. The monoisotopic (exact) mass is 240 g/mol. The molecular weight excluding hydrogens is 235 g/mol. The number of hydrogen-bond donors (Lipinski definition) is 0. The van der Waals surface area contributed by atoms with Gasteiger partial charge < -0.3 is 0 Å². The van der Waals surface area contributed by atoms with Crippen LogP contribution in [0.5, 0.6) is 0 Å². The molecule has 0 heterocycles. The van der Waals surface area contributed by atoms with Crippen molar-refractivity contribution in [2.24, 2.45) is 0 Å². The lowest BCUT2D eigenvalue weighted by Crippen LogP contribution is -2.44. The zero-order valence-corrected chi connectivity index (χ0v) is 7.33. The Balaban J connectivity index is 4.99. The first-order valence-corrected chi connectivity index (χ1v) is 4.41. The van der Waals surface area contributed by atoms with Gasteiger partial charge in [-0.15, -0.1) is 6.58 Å². The Morgan fingerprint density at radius 3 is 1.93 bits per heavy atom. The van der Waals surface area contributed by atoms with E-state index < -0.39 is 28.2 Å². The van der Waals surface area contributed by atoms with Gasteiger partial charge in [-0.2, -0.15) is 30.4 Å². The molecule has 0 fully saturated rings. The number of rotatable bonds is 4. The third-order valence-corrected chi connectivity index (χ3v) is 2.29. The first kappa shape index (κ1) is 13.3. The second-order valence-corrected chi connectivity index (χ2v) is 3.70. The molecule has 0 atom stereocenters. The molecule has 0 saturated carbocycles. The third kappa shape index (κ3) is 2.41. The molecular formula is C5H5F5O3S. The van der Waals surface area contributed by atoms with E-state index in [-0.39, 0.29) is 0 Å². The van der Waals surface area contributed by atoms with Crippen LogP contribution in [0.25, 0.3) is 0 Å². The van der Waals surface area contributed by atoms with Gasteiger partial charge in [0.1, 0.15) is 0 Å². The summed E-state index contributed by atoms with van der Waals surface area (Å²) in [6.45, 7) is 1.94. The van der Waals surface area contributed by atoms with Crippen molar-refractivity contribution in [2.75, 3.05) is 6.61 Å². The molecule has 0 aromatic rings. The summed E-state index contributed by atoms with van der Waals surface area (Å²) in [5.41, 5.74) is 0. The number of hydrogen-bond acceptors (Lipinski definition) is 3. The normalized spacial score (nSPS) is 14.1. The molecule has 0 aliphatic rings. The van der Waals surface area contributed by atoms with Crippen molar-refractivity contribution in [3.8, 4) is 0 Å². The van der Waals surface area contributed by atoms with Crippen LogP contribution in [0.4, 0.5) is 22.0 Å². The molecule has 0 radical (unpaired) electrons. The Morgan fingerprint density at radius 2 is 1.64 bits per heavy atom. The van der Waals surface area contributed by atoms with E-state index in [9.17, 15) is 30.4 Å². The van der Waals surface area contributed by atoms with E-state index in [1.54, 1.807) is 0 Å². The maximum Gasteiger partial charge on any atom is 0.472 e. The predicted molar refractivity (Wildman–Crippen MR) is 36.1 cm³/mol. The SMILES string of the molecule is C=CCOS(=O)(=O)C(F)(F)C(F)(F)F. The molecule has 0 N–H and O–H groups in total. The van der Waals surface area contributed by atoms with Gasteiger partial charge in [0.25, 0.3) is 0 Å². The summed E-state index contributed by atoms with van der Waals surface area (Å²) < 4.78 is 82.9. The van der Waals surface area contributed by atoms with Crippen molar-refractivity contribution in [2.45, 2.75) is 11.4 Å². The van der Waals surface area contributed by atoms with Crippen molar-refractivity contribution in [1.82, 2.24) is 0 Å². The lowest BCUT2D eigenvalue weighted by atomic mass is 10.7. The molecule has 0 unspecified atom stereocenters. The average Bonchev–Trinajstić information content (AvgIpc) is 1.98. The van der Waals surface area contributed by atoms with Crippen molar-refractivity contribution in [3.63, 3.8) is 0 Å². The highest BCUT2D eigenvalue weighted by Gasteiger charge is 2.68. The van der Waals surface area contributed by atoms with E-state index in [1.807, 2.05) is 0 Å². The molecule has 0 aromatic carbocycles. The lowest BCUT2D eigenvalue weighted by molar-refractivity contribution is -0.244. The Labute approximate surface area is 76.3 Å². The fourth-order valence-electron chi connectivity index (χ4n) is 0.353. The second-order valence-electron chi connectivity index (χ2n) is 2.04. The van der Waals surface area contributed by atoms with E-state index >= 15 is 0 Å². The maximum absolute atomic E-state index is 12.2. The van der Waals surface area contributed by atoms with Gasteiger partial charge in [-0.1, -0.05) is 6.08 Å². The molecule has 14 heavy (non-hydrogen) atoms. The van der Waals surface area contributed by atoms with Gasteiger partial charge in [-0.05, 0) is 0 Å². The van der Waals surface area contributed by atoms with Crippen LogP contribution in [0.1, 0.15) is 0 Å². The van der Waals surface area contributed by atoms with Crippen molar-refractivity contribution >= 4 is 10.1 Å². The van der Waals surface area contributed by atoms with Gasteiger partial charge >= 0.3 is 21.5 Å². The topological polar surface area (TPSA) is 43.4 Å². The summed E-state index contributed by atoms with van der Waals surface area (Å²) >= 11 is 0. The van der Waals surface area contributed by atoms with Crippen LogP contribution in [0, 0.1) is 0 Å².